The van der Waals surface area contributed by atoms with Gasteiger partial charge in [-0.3, -0.25) is 9.69 Å². The van der Waals surface area contributed by atoms with Gasteiger partial charge < -0.3 is 19.9 Å². The highest BCUT2D eigenvalue weighted by Crippen LogP contribution is 2.38. The lowest BCUT2D eigenvalue weighted by Gasteiger charge is -2.14. The smallest absolute Gasteiger partial charge is 0.335 e. The summed E-state index contributed by atoms with van der Waals surface area (Å²) in [6.45, 7) is 2.21. The van der Waals surface area contributed by atoms with E-state index in [1.807, 2.05) is 0 Å². The number of carboxylic acid groups (broad SMARTS) is 1. The molecular formula is C21H19BrN2O6. The van der Waals surface area contributed by atoms with Gasteiger partial charge in [0.25, 0.3) is 5.91 Å². The molecule has 1 aliphatic rings. The zero-order valence-electron chi connectivity index (χ0n) is 16.3. The van der Waals surface area contributed by atoms with Gasteiger partial charge in [0.1, 0.15) is 12.3 Å². The highest BCUT2D eigenvalue weighted by Gasteiger charge is 2.32. The van der Waals surface area contributed by atoms with Gasteiger partial charge >= 0.3 is 12.0 Å². The van der Waals surface area contributed by atoms with Gasteiger partial charge in [-0.15, -0.1) is 0 Å². The van der Waals surface area contributed by atoms with Gasteiger partial charge in [-0.25, -0.2) is 9.59 Å². The molecule has 3 rings (SSSR count). The molecule has 0 unspecified atom stereocenters. The number of halogens is 1. The minimum atomic E-state index is -0.990. The van der Waals surface area contributed by atoms with Gasteiger partial charge in [0, 0.05) is 6.54 Å². The molecule has 0 spiro atoms. The summed E-state index contributed by atoms with van der Waals surface area (Å²) in [7, 11) is 1.49. The molecule has 3 amide bonds. The van der Waals surface area contributed by atoms with Crippen LogP contribution >= 0.6 is 15.9 Å². The zero-order valence-corrected chi connectivity index (χ0v) is 17.9. The number of carbonyl (C=O) groups is 3. The van der Waals surface area contributed by atoms with Crippen molar-refractivity contribution in [2.45, 2.75) is 13.5 Å². The second-order valence-electron chi connectivity index (χ2n) is 6.36. The van der Waals surface area contributed by atoms with E-state index in [1.54, 1.807) is 37.3 Å². The highest BCUT2D eigenvalue weighted by atomic mass is 79.9. The molecule has 0 radical (unpaired) electrons. The van der Waals surface area contributed by atoms with Crippen molar-refractivity contribution in [1.82, 2.24) is 10.2 Å². The topological polar surface area (TPSA) is 105 Å². The Kier molecular flexibility index (Phi) is 6.41. The molecule has 1 aliphatic heterocycles. The maximum absolute atomic E-state index is 12.3. The third-order valence-electron chi connectivity index (χ3n) is 4.43. The van der Waals surface area contributed by atoms with E-state index < -0.39 is 12.0 Å². The van der Waals surface area contributed by atoms with E-state index in [9.17, 15) is 14.4 Å². The Morgan fingerprint density at radius 2 is 1.93 bits per heavy atom. The normalized spacial score (nSPS) is 14.8. The predicted octanol–water partition coefficient (Wildman–Crippen LogP) is 3.65. The number of amides is 3. The lowest BCUT2D eigenvalue weighted by molar-refractivity contribution is -0.122. The highest BCUT2D eigenvalue weighted by molar-refractivity contribution is 9.10. The van der Waals surface area contributed by atoms with Crippen LogP contribution in [-0.4, -0.2) is 41.6 Å². The van der Waals surface area contributed by atoms with Gasteiger partial charge in [0.15, 0.2) is 11.5 Å². The number of imide groups is 1. The first-order valence-electron chi connectivity index (χ1n) is 9.01. The molecule has 156 valence electrons. The van der Waals surface area contributed by atoms with E-state index in [1.165, 1.54) is 19.2 Å². The number of carboxylic acids is 1. The van der Waals surface area contributed by atoms with E-state index in [0.717, 1.165) is 10.5 Å². The Morgan fingerprint density at radius 1 is 1.23 bits per heavy atom. The van der Waals surface area contributed by atoms with Crippen molar-refractivity contribution in [3.63, 3.8) is 0 Å². The number of urea groups is 1. The maximum Gasteiger partial charge on any atom is 0.335 e. The molecule has 0 saturated carbocycles. The molecular weight excluding hydrogens is 456 g/mol. The Balaban J connectivity index is 1.81. The summed E-state index contributed by atoms with van der Waals surface area (Å²) >= 11 is 3.45. The Bertz CT molecular complexity index is 1030. The number of hydrogen-bond acceptors (Lipinski definition) is 5. The van der Waals surface area contributed by atoms with Crippen LogP contribution in [0, 0.1) is 0 Å². The second kappa shape index (κ2) is 9.00. The fraction of sp³-hybridized carbons (Fsp3) is 0.190. The van der Waals surface area contributed by atoms with Crippen LogP contribution in [0.4, 0.5) is 4.79 Å². The van der Waals surface area contributed by atoms with E-state index in [2.05, 4.69) is 21.2 Å². The number of benzene rings is 2. The van der Waals surface area contributed by atoms with Crippen LogP contribution in [0.25, 0.3) is 6.08 Å². The summed E-state index contributed by atoms with van der Waals surface area (Å²) in [4.78, 5) is 36.1. The van der Waals surface area contributed by atoms with E-state index in [4.69, 9.17) is 14.6 Å². The van der Waals surface area contributed by atoms with E-state index in [-0.39, 0.29) is 30.3 Å². The van der Waals surface area contributed by atoms with Gasteiger partial charge in [-0.1, -0.05) is 12.1 Å². The zero-order chi connectivity index (χ0) is 21.8. The summed E-state index contributed by atoms with van der Waals surface area (Å²) < 4.78 is 11.9. The number of aromatic carboxylic acids is 1. The van der Waals surface area contributed by atoms with Crippen molar-refractivity contribution in [2.75, 3.05) is 13.7 Å². The van der Waals surface area contributed by atoms with E-state index in [0.29, 0.717) is 21.5 Å². The molecule has 9 heteroatoms. The monoisotopic (exact) mass is 474 g/mol. The Labute approximate surface area is 181 Å². The van der Waals surface area contributed by atoms with Crippen molar-refractivity contribution in [3.8, 4) is 11.5 Å². The number of methoxy groups -OCH3 is 1. The molecule has 0 aliphatic carbocycles. The third-order valence-corrected chi connectivity index (χ3v) is 5.01. The average molecular weight is 475 g/mol. The minimum Gasteiger partial charge on any atom is -0.493 e. The number of ether oxygens (including phenoxy) is 2. The number of carbonyl (C=O) groups excluding carboxylic acids is 2. The van der Waals surface area contributed by atoms with Crippen molar-refractivity contribution < 1.29 is 29.0 Å². The van der Waals surface area contributed by atoms with Crippen LogP contribution < -0.4 is 14.8 Å². The molecule has 2 aromatic carbocycles. The molecule has 1 heterocycles. The lowest BCUT2D eigenvalue weighted by atomic mass is 10.1. The van der Waals surface area contributed by atoms with Crippen LogP contribution in [0.2, 0.25) is 0 Å². The number of hydrogen-bond donors (Lipinski definition) is 2. The number of nitrogens with zero attached hydrogens (tertiary/aromatic N) is 1. The molecule has 0 atom stereocenters. The number of rotatable bonds is 7. The molecule has 1 fully saturated rings. The fourth-order valence-electron chi connectivity index (χ4n) is 2.89. The van der Waals surface area contributed by atoms with Gasteiger partial charge in [0.05, 0.1) is 17.1 Å². The summed E-state index contributed by atoms with van der Waals surface area (Å²) in [5, 5.41) is 11.5. The van der Waals surface area contributed by atoms with Crippen LogP contribution in [0.5, 0.6) is 11.5 Å². The Hall–Kier alpha value is -3.33. The molecule has 0 aromatic heterocycles. The SMILES string of the molecule is CCN1C(=O)N/C(=C/c2cc(Br)c(OCc3ccc(C(=O)O)cc3)c(OC)c2)C1=O. The summed E-state index contributed by atoms with van der Waals surface area (Å²) in [5.74, 6) is -0.486. The fourth-order valence-corrected chi connectivity index (χ4v) is 3.46. The van der Waals surface area contributed by atoms with Crippen molar-refractivity contribution >= 4 is 39.9 Å². The van der Waals surface area contributed by atoms with Crippen molar-refractivity contribution in [2.24, 2.45) is 0 Å². The van der Waals surface area contributed by atoms with Gasteiger partial charge in [0.2, 0.25) is 0 Å². The van der Waals surface area contributed by atoms with Crippen molar-refractivity contribution in [1.29, 1.82) is 0 Å². The molecule has 1 saturated heterocycles. The summed E-state index contributed by atoms with van der Waals surface area (Å²) in [6.07, 6.45) is 1.57. The Morgan fingerprint density at radius 3 is 2.50 bits per heavy atom. The molecule has 30 heavy (non-hydrogen) atoms. The first-order valence-corrected chi connectivity index (χ1v) is 9.80. The largest absolute Gasteiger partial charge is 0.493 e. The second-order valence-corrected chi connectivity index (χ2v) is 7.22. The van der Waals surface area contributed by atoms with Crippen LogP contribution in [0.3, 0.4) is 0 Å². The molecule has 2 aromatic rings. The summed E-state index contributed by atoms with van der Waals surface area (Å²) in [6, 6.07) is 9.35. The molecule has 8 nitrogen and oxygen atoms in total. The van der Waals surface area contributed by atoms with E-state index >= 15 is 0 Å². The standard InChI is InChI=1S/C21H19BrN2O6/c1-3-24-19(25)16(23-21(24)28)9-13-8-15(22)18(17(10-13)29-2)30-11-12-4-6-14(7-5-12)20(26)27/h4-10H,3,11H2,1-2H3,(H,23,28)(H,26,27)/b16-9+. The first-order chi connectivity index (χ1) is 14.3. The molecule has 0 bridgehead atoms. The van der Waals surface area contributed by atoms with Crippen LogP contribution in [0.1, 0.15) is 28.4 Å². The number of likely N-dealkylation sites (N-methyl/N-ethyl adjacent to an activating group) is 1. The van der Waals surface area contributed by atoms with Crippen LogP contribution in [-0.2, 0) is 11.4 Å². The van der Waals surface area contributed by atoms with Crippen molar-refractivity contribution in [3.05, 3.63) is 63.3 Å². The van der Waals surface area contributed by atoms with Gasteiger partial charge in [-0.2, -0.15) is 0 Å². The molecule has 2 N–H and O–H groups in total. The van der Waals surface area contributed by atoms with Crippen LogP contribution in [0.15, 0.2) is 46.6 Å². The quantitative estimate of drug-likeness (QED) is 0.468. The third kappa shape index (κ3) is 4.46. The van der Waals surface area contributed by atoms with Gasteiger partial charge in [-0.05, 0) is 64.3 Å². The average Bonchev–Trinajstić information content (AvgIpc) is 2.99. The maximum atomic E-state index is 12.3. The first kappa shape index (κ1) is 21.4. The minimum absolute atomic E-state index is 0.183. The summed E-state index contributed by atoms with van der Waals surface area (Å²) in [5.41, 5.74) is 1.81. The predicted molar refractivity (Wildman–Crippen MR) is 112 cm³/mol. The number of nitrogens with one attached hydrogen (secondary N) is 1. The lowest BCUT2D eigenvalue weighted by Crippen LogP contribution is -2.30.